The number of nitrogens with zero attached hydrogens (tertiary/aromatic N) is 4. The Morgan fingerprint density at radius 3 is 2.93 bits per heavy atom. The number of aromatic nitrogens is 4. The van der Waals surface area contributed by atoms with Crippen molar-refractivity contribution in [3.05, 3.63) is 48.9 Å². The van der Waals surface area contributed by atoms with Crippen molar-refractivity contribution in [2.45, 2.75) is 13.0 Å². The number of nitrogens with two attached hydrogens (primary N) is 1. The Kier molecular flexibility index (Phi) is 5.50. The first-order chi connectivity index (χ1) is 14.1. The van der Waals surface area contributed by atoms with Gasteiger partial charge in [0.25, 0.3) is 0 Å². The zero-order valence-electron chi connectivity index (χ0n) is 15.6. The van der Waals surface area contributed by atoms with Gasteiger partial charge in [-0.2, -0.15) is 5.10 Å². The fourth-order valence-electron chi connectivity index (χ4n) is 2.93. The fourth-order valence-corrected chi connectivity index (χ4v) is 3.92. The molecule has 4 aromatic rings. The predicted octanol–water partition coefficient (Wildman–Crippen LogP) is 2.30. The third-order valence-corrected chi connectivity index (χ3v) is 5.48. The number of aliphatic hydroxyl groups excluding tert-OH is 1. The highest BCUT2D eigenvalue weighted by Crippen LogP contribution is 2.34. The number of rotatable bonds is 7. The number of nitrogen functional groups attached to an aromatic ring is 1. The molecule has 0 spiro atoms. The highest BCUT2D eigenvalue weighted by molar-refractivity contribution is 7.21. The van der Waals surface area contributed by atoms with Crippen LogP contribution < -0.4 is 11.1 Å². The first kappa shape index (κ1) is 19.0. The highest BCUT2D eigenvalue weighted by Gasteiger charge is 2.13. The van der Waals surface area contributed by atoms with Crippen LogP contribution in [0.3, 0.4) is 0 Å². The molecule has 1 amide bonds. The van der Waals surface area contributed by atoms with Gasteiger partial charge in [-0.05, 0) is 18.2 Å². The Bertz CT molecular complexity index is 1120. The average Bonchev–Trinajstić information content (AvgIpc) is 3.38. The Hall–Kier alpha value is -3.30. The molecule has 1 aromatic carbocycles. The van der Waals surface area contributed by atoms with Crippen LogP contribution in [0.5, 0.6) is 0 Å². The van der Waals surface area contributed by atoms with E-state index in [2.05, 4.69) is 20.4 Å². The van der Waals surface area contributed by atoms with Crippen LogP contribution in [0.2, 0.25) is 0 Å². The molecule has 4 rings (SSSR count). The second kappa shape index (κ2) is 8.38. The number of amides is 1. The smallest absolute Gasteiger partial charge is 0.221 e. The molecule has 9 heteroatoms. The molecule has 0 atom stereocenters. The van der Waals surface area contributed by atoms with Crippen molar-refractivity contribution in [3.8, 4) is 21.7 Å². The second-order valence-corrected chi connectivity index (χ2v) is 7.49. The van der Waals surface area contributed by atoms with E-state index in [4.69, 9.17) is 10.8 Å². The number of hydrogen-bond donors (Lipinski definition) is 3. The summed E-state index contributed by atoms with van der Waals surface area (Å²) >= 11 is 1.58. The van der Waals surface area contributed by atoms with Crippen molar-refractivity contribution < 1.29 is 9.90 Å². The summed E-state index contributed by atoms with van der Waals surface area (Å²) in [6.45, 7) is 0.637. The molecule has 0 radical (unpaired) electrons. The largest absolute Gasteiger partial charge is 0.395 e. The molecule has 0 bridgehead atoms. The molecule has 8 nitrogen and oxygen atoms in total. The van der Waals surface area contributed by atoms with Gasteiger partial charge < -0.3 is 16.2 Å². The summed E-state index contributed by atoms with van der Waals surface area (Å²) in [5, 5.41) is 16.5. The summed E-state index contributed by atoms with van der Waals surface area (Å²) in [4.78, 5) is 20.7. The van der Waals surface area contributed by atoms with E-state index in [-0.39, 0.29) is 25.5 Å². The van der Waals surface area contributed by atoms with Gasteiger partial charge in [0.05, 0.1) is 28.6 Å². The number of thiazole rings is 1. The minimum Gasteiger partial charge on any atom is -0.395 e. The predicted molar refractivity (Wildman–Crippen MR) is 113 cm³/mol. The number of para-hydroxylation sites is 1. The number of anilines is 1. The number of aliphatic hydroxyl groups is 1. The van der Waals surface area contributed by atoms with Gasteiger partial charge >= 0.3 is 0 Å². The van der Waals surface area contributed by atoms with Crippen LogP contribution in [-0.4, -0.2) is 43.9 Å². The molecule has 3 heterocycles. The standard InChI is InChI=1S/C20H20N6O2S/c21-19-15(20-25-16-3-1-2-4-17(16)29-20)9-13(10-23-19)14-11-24-26(12-14)7-5-18(28)22-6-8-27/h1-4,9-12,27H,5-8H2,(H2,21,23)(H,22,28). The minimum absolute atomic E-state index is 0.0706. The summed E-state index contributed by atoms with van der Waals surface area (Å²) in [5.74, 6) is 0.309. The number of hydrogen-bond acceptors (Lipinski definition) is 7. The summed E-state index contributed by atoms with van der Waals surface area (Å²) in [7, 11) is 0. The van der Waals surface area contributed by atoms with Crippen LogP contribution in [0.1, 0.15) is 6.42 Å². The topological polar surface area (TPSA) is 119 Å². The second-order valence-electron chi connectivity index (χ2n) is 6.46. The quantitative estimate of drug-likeness (QED) is 0.432. The summed E-state index contributed by atoms with van der Waals surface area (Å²) in [6, 6.07) is 9.92. The first-order valence-electron chi connectivity index (χ1n) is 9.16. The maximum Gasteiger partial charge on any atom is 0.221 e. The molecule has 0 fully saturated rings. The number of aryl methyl sites for hydroxylation is 1. The van der Waals surface area contributed by atoms with Crippen LogP contribution in [0, 0.1) is 0 Å². The van der Waals surface area contributed by atoms with Crippen LogP contribution in [0.25, 0.3) is 31.9 Å². The molecule has 0 aliphatic carbocycles. The molecule has 0 unspecified atom stereocenters. The maximum atomic E-state index is 11.7. The molecule has 148 valence electrons. The Labute approximate surface area is 171 Å². The van der Waals surface area contributed by atoms with E-state index in [9.17, 15) is 4.79 Å². The monoisotopic (exact) mass is 408 g/mol. The maximum absolute atomic E-state index is 11.7. The van der Waals surface area contributed by atoms with Gasteiger partial charge in [0.1, 0.15) is 10.8 Å². The normalized spacial score (nSPS) is 11.1. The van der Waals surface area contributed by atoms with E-state index in [1.807, 2.05) is 36.5 Å². The van der Waals surface area contributed by atoms with Crippen molar-refractivity contribution in [1.82, 2.24) is 25.1 Å². The zero-order valence-corrected chi connectivity index (χ0v) is 16.4. The highest BCUT2D eigenvalue weighted by atomic mass is 32.1. The molecule has 3 aromatic heterocycles. The van der Waals surface area contributed by atoms with Crippen molar-refractivity contribution in [3.63, 3.8) is 0 Å². The number of pyridine rings is 1. The Balaban J connectivity index is 1.55. The summed E-state index contributed by atoms with van der Waals surface area (Å²) in [5.41, 5.74) is 9.61. The summed E-state index contributed by atoms with van der Waals surface area (Å²) in [6.07, 6.45) is 5.61. The van der Waals surface area contributed by atoms with Gasteiger partial charge in [0, 0.05) is 43.0 Å². The molecular weight excluding hydrogens is 388 g/mol. The van der Waals surface area contributed by atoms with E-state index in [0.717, 1.165) is 31.9 Å². The SMILES string of the molecule is Nc1ncc(-c2cnn(CCC(=O)NCCO)c2)cc1-c1nc2ccccc2s1. The van der Waals surface area contributed by atoms with Gasteiger partial charge in [-0.15, -0.1) is 11.3 Å². The molecular formula is C20H20N6O2S. The third kappa shape index (κ3) is 4.25. The van der Waals surface area contributed by atoms with E-state index >= 15 is 0 Å². The molecule has 0 saturated heterocycles. The van der Waals surface area contributed by atoms with E-state index < -0.39 is 0 Å². The van der Waals surface area contributed by atoms with Crippen molar-refractivity contribution in [2.24, 2.45) is 0 Å². The molecule has 0 aliphatic rings. The van der Waals surface area contributed by atoms with E-state index in [0.29, 0.717) is 12.4 Å². The lowest BCUT2D eigenvalue weighted by atomic mass is 10.1. The Morgan fingerprint density at radius 1 is 1.24 bits per heavy atom. The minimum atomic E-state index is -0.122. The van der Waals surface area contributed by atoms with Crippen molar-refractivity contribution in [1.29, 1.82) is 0 Å². The van der Waals surface area contributed by atoms with Crippen molar-refractivity contribution >= 4 is 33.3 Å². The van der Waals surface area contributed by atoms with Gasteiger partial charge in [0.15, 0.2) is 0 Å². The lowest BCUT2D eigenvalue weighted by molar-refractivity contribution is -0.121. The number of benzene rings is 1. The number of fused-ring (bicyclic) bond motifs is 1. The number of carbonyl (C=O) groups excluding carboxylic acids is 1. The van der Waals surface area contributed by atoms with E-state index in [1.54, 1.807) is 28.4 Å². The van der Waals surface area contributed by atoms with Crippen molar-refractivity contribution in [2.75, 3.05) is 18.9 Å². The van der Waals surface area contributed by atoms with Crippen LogP contribution in [0.15, 0.2) is 48.9 Å². The van der Waals surface area contributed by atoms with Crippen LogP contribution in [0.4, 0.5) is 5.82 Å². The van der Waals surface area contributed by atoms with Gasteiger partial charge in [0.2, 0.25) is 5.91 Å². The Morgan fingerprint density at radius 2 is 2.10 bits per heavy atom. The summed E-state index contributed by atoms with van der Waals surface area (Å²) < 4.78 is 2.81. The van der Waals surface area contributed by atoms with Gasteiger partial charge in [-0.1, -0.05) is 12.1 Å². The lowest BCUT2D eigenvalue weighted by Crippen LogP contribution is -2.27. The molecule has 29 heavy (non-hydrogen) atoms. The van der Waals surface area contributed by atoms with E-state index in [1.165, 1.54) is 0 Å². The fraction of sp³-hybridized carbons (Fsp3) is 0.200. The zero-order chi connectivity index (χ0) is 20.2. The number of carbonyl (C=O) groups is 1. The molecule has 4 N–H and O–H groups in total. The van der Waals surface area contributed by atoms with Crippen LogP contribution in [-0.2, 0) is 11.3 Å². The van der Waals surface area contributed by atoms with Gasteiger partial charge in [-0.25, -0.2) is 9.97 Å². The third-order valence-electron chi connectivity index (χ3n) is 4.41. The van der Waals surface area contributed by atoms with Crippen LogP contribution >= 0.6 is 11.3 Å². The van der Waals surface area contributed by atoms with Gasteiger partial charge in [-0.3, -0.25) is 9.48 Å². The molecule has 0 saturated carbocycles. The number of nitrogens with one attached hydrogen (secondary N) is 1. The first-order valence-corrected chi connectivity index (χ1v) is 9.97. The molecule has 0 aliphatic heterocycles. The average molecular weight is 408 g/mol. The lowest BCUT2D eigenvalue weighted by Gasteiger charge is -2.05.